The second kappa shape index (κ2) is 11.5. The molecule has 1 unspecified atom stereocenters. The summed E-state index contributed by atoms with van der Waals surface area (Å²) in [6, 6.07) is 13.8. The number of nitrogens with zero attached hydrogens (tertiary/aromatic N) is 2. The van der Waals surface area contributed by atoms with E-state index in [0.29, 0.717) is 12.8 Å². The van der Waals surface area contributed by atoms with Gasteiger partial charge in [-0.05, 0) is 57.4 Å². The number of halogens is 1. The minimum absolute atomic E-state index is 0.0473. The van der Waals surface area contributed by atoms with E-state index in [4.69, 9.17) is 0 Å². The largest absolute Gasteiger partial charge is 0.350 e. The zero-order valence-electron chi connectivity index (χ0n) is 20.4. The Labute approximate surface area is 202 Å². The number of hydrogen-bond acceptors (Lipinski definition) is 4. The first-order chi connectivity index (χ1) is 15.8. The highest BCUT2D eigenvalue weighted by atomic mass is 32.2. The lowest BCUT2D eigenvalue weighted by Gasteiger charge is -2.34. The first-order valence-electron chi connectivity index (χ1n) is 11.2. The molecule has 0 saturated heterocycles. The van der Waals surface area contributed by atoms with Gasteiger partial charge in [0.2, 0.25) is 21.8 Å². The van der Waals surface area contributed by atoms with Crippen molar-refractivity contribution in [2.75, 3.05) is 23.7 Å². The van der Waals surface area contributed by atoms with Gasteiger partial charge in [-0.15, -0.1) is 0 Å². The molecule has 2 aromatic rings. The standard InChI is InChI=1S/C25H34FN3O4S/c1-6-22(24(31)27-25(2,3)4)28(16-15-19-11-8-7-9-12-19)23(30)18-29(34(5,32)33)21-14-10-13-20(26)17-21/h7-14,17,22H,6,15-16,18H2,1-5H3,(H,27,31). The Bertz CT molecular complexity index is 1080. The van der Waals surface area contributed by atoms with E-state index in [9.17, 15) is 22.4 Å². The van der Waals surface area contributed by atoms with Crippen molar-refractivity contribution in [3.05, 3.63) is 66.0 Å². The summed E-state index contributed by atoms with van der Waals surface area (Å²) in [5.74, 6) is -1.47. The number of benzene rings is 2. The first-order valence-corrected chi connectivity index (χ1v) is 13.1. The molecule has 0 aliphatic rings. The molecule has 2 rings (SSSR count). The van der Waals surface area contributed by atoms with Crippen molar-refractivity contribution >= 4 is 27.5 Å². The van der Waals surface area contributed by atoms with Crippen molar-refractivity contribution in [3.63, 3.8) is 0 Å². The number of nitrogens with one attached hydrogen (secondary N) is 1. The average molecular weight is 492 g/mol. The van der Waals surface area contributed by atoms with Gasteiger partial charge in [0.05, 0.1) is 11.9 Å². The molecule has 0 bridgehead atoms. The summed E-state index contributed by atoms with van der Waals surface area (Å²) >= 11 is 0. The normalized spacial score (nSPS) is 12.6. The highest BCUT2D eigenvalue weighted by Crippen LogP contribution is 2.20. The van der Waals surface area contributed by atoms with Gasteiger partial charge in [0, 0.05) is 12.1 Å². The Morgan fingerprint density at radius 1 is 1.06 bits per heavy atom. The third-order valence-corrected chi connectivity index (χ3v) is 6.28. The third-order valence-electron chi connectivity index (χ3n) is 5.14. The summed E-state index contributed by atoms with van der Waals surface area (Å²) < 4.78 is 39.6. The second-order valence-corrected chi connectivity index (χ2v) is 11.1. The van der Waals surface area contributed by atoms with Gasteiger partial charge in [-0.2, -0.15) is 0 Å². The van der Waals surface area contributed by atoms with E-state index in [0.717, 1.165) is 22.2 Å². The van der Waals surface area contributed by atoms with Gasteiger partial charge in [0.25, 0.3) is 0 Å². The fraction of sp³-hybridized carbons (Fsp3) is 0.440. The van der Waals surface area contributed by atoms with Crippen molar-refractivity contribution in [1.82, 2.24) is 10.2 Å². The van der Waals surface area contributed by atoms with Crippen LogP contribution in [-0.4, -0.2) is 56.1 Å². The quantitative estimate of drug-likeness (QED) is 0.552. The molecule has 2 amide bonds. The van der Waals surface area contributed by atoms with Gasteiger partial charge in [-0.3, -0.25) is 13.9 Å². The van der Waals surface area contributed by atoms with Gasteiger partial charge in [0.1, 0.15) is 18.4 Å². The van der Waals surface area contributed by atoms with Gasteiger partial charge in [-0.25, -0.2) is 12.8 Å². The third kappa shape index (κ3) is 8.13. The van der Waals surface area contributed by atoms with E-state index in [1.165, 1.54) is 23.1 Å². The molecule has 34 heavy (non-hydrogen) atoms. The smallest absolute Gasteiger partial charge is 0.244 e. The Morgan fingerprint density at radius 3 is 2.24 bits per heavy atom. The van der Waals surface area contributed by atoms with Crippen LogP contribution in [0.1, 0.15) is 39.7 Å². The Morgan fingerprint density at radius 2 is 1.71 bits per heavy atom. The van der Waals surface area contributed by atoms with Gasteiger partial charge >= 0.3 is 0 Å². The zero-order valence-corrected chi connectivity index (χ0v) is 21.2. The number of carbonyl (C=O) groups is 2. The van der Waals surface area contributed by atoms with Crippen molar-refractivity contribution < 1.29 is 22.4 Å². The molecule has 0 radical (unpaired) electrons. The van der Waals surface area contributed by atoms with E-state index < -0.39 is 39.9 Å². The minimum atomic E-state index is -3.89. The number of carbonyl (C=O) groups excluding carboxylic acids is 2. The predicted molar refractivity (Wildman–Crippen MR) is 132 cm³/mol. The van der Waals surface area contributed by atoms with Crippen molar-refractivity contribution in [3.8, 4) is 0 Å². The molecule has 1 N–H and O–H groups in total. The Kier molecular flexibility index (Phi) is 9.21. The van der Waals surface area contributed by atoms with E-state index >= 15 is 0 Å². The molecular weight excluding hydrogens is 457 g/mol. The molecule has 9 heteroatoms. The maximum atomic E-state index is 13.8. The minimum Gasteiger partial charge on any atom is -0.350 e. The number of rotatable bonds is 10. The first kappa shape index (κ1) is 27.3. The summed E-state index contributed by atoms with van der Waals surface area (Å²) in [4.78, 5) is 28.0. The van der Waals surface area contributed by atoms with Crippen LogP contribution in [0.15, 0.2) is 54.6 Å². The van der Waals surface area contributed by atoms with Crippen LogP contribution in [0.3, 0.4) is 0 Å². The monoisotopic (exact) mass is 491 g/mol. The number of hydrogen-bond donors (Lipinski definition) is 1. The lowest BCUT2D eigenvalue weighted by molar-refractivity contribution is -0.140. The molecule has 186 valence electrons. The molecule has 0 aliphatic heterocycles. The summed E-state index contributed by atoms with van der Waals surface area (Å²) in [6.45, 7) is 7.03. The Hall–Kier alpha value is -2.94. The summed E-state index contributed by atoms with van der Waals surface area (Å²) in [7, 11) is -3.89. The van der Waals surface area contributed by atoms with Crippen LogP contribution < -0.4 is 9.62 Å². The number of sulfonamides is 1. The lowest BCUT2D eigenvalue weighted by Crippen LogP contribution is -2.56. The maximum absolute atomic E-state index is 13.8. The molecule has 0 aromatic heterocycles. The van der Waals surface area contributed by atoms with Crippen LogP contribution in [0.4, 0.5) is 10.1 Å². The number of amides is 2. The van der Waals surface area contributed by atoms with Crippen LogP contribution in [0.2, 0.25) is 0 Å². The highest BCUT2D eigenvalue weighted by Gasteiger charge is 2.32. The van der Waals surface area contributed by atoms with Gasteiger partial charge in [0.15, 0.2) is 0 Å². The fourth-order valence-corrected chi connectivity index (χ4v) is 4.44. The number of anilines is 1. The van der Waals surface area contributed by atoms with E-state index in [1.54, 1.807) is 6.92 Å². The SMILES string of the molecule is CCC(C(=O)NC(C)(C)C)N(CCc1ccccc1)C(=O)CN(c1cccc(F)c1)S(C)(=O)=O. The zero-order chi connectivity index (χ0) is 25.5. The molecule has 0 aliphatic carbocycles. The molecule has 7 nitrogen and oxygen atoms in total. The van der Waals surface area contributed by atoms with Crippen LogP contribution in [0.5, 0.6) is 0 Å². The van der Waals surface area contributed by atoms with Gasteiger partial charge < -0.3 is 10.2 Å². The van der Waals surface area contributed by atoms with Crippen LogP contribution in [0.25, 0.3) is 0 Å². The average Bonchev–Trinajstić information content (AvgIpc) is 2.73. The van der Waals surface area contributed by atoms with Gasteiger partial charge in [-0.1, -0.05) is 43.3 Å². The predicted octanol–water partition coefficient (Wildman–Crippen LogP) is 3.36. The summed E-state index contributed by atoms with van der Waals surface area (Å²) in [5.41, 5.74) is 0.529. The fourth-order valence-electron chi connectivity index (χ4n) is 3.59. The molecule has 0 spiro atoms. The molecule has 1 atom stereocenters. The van der Waals surface area contributed by atoms with E-state index in [2.05, 4.69) is 5.32 Å². The van der Waals surface area contributed by atoms with E-state index in [1.807, 2.05) is 51.1 Å². The molecular formula is C25H34FN3O4S. The topological polar surface area (TPSA) is 86.8 Å². The summed E-state index contributed by atoms with van der Waals surface area (Å²) in [6.07, 6.45) is 1.80. The molecule has 0 saturated carbocycles. The lowest BCUT2D eigenvalue weighted by atomic mass is 10.1. The second-order valence-electron chi connectivity index (χ2n) is 9.24. The van der Waals surface area contributed by atoms with Crippen LogP contribution in [0, 0.1) is 5.82 Å². The van der Waals surface area contributed by atoms with Crippen molar-refractivity contribution in [2.24, 2.45) is 0 Å². The molecule has 0 heterocycles. The molecule has 0 fully saturated rings. The van der Waals surface area contributed by atoms with Crippen molar-refractivity contribution in [1.29, 1.82) is 0 Å². The van der Waals surface area contributed by atoms with Crippen LogP contribution in [-0.2, 0) is 26.0 Å². The summed E-state index contributed by atoms with van der Waals surface area (Å²) in [5, 5.41) is 2.91. The van der Waals surface area contributed by atoms with E-state index in [-0.39, 0.29) is 18.1 Å². The maximum Gasteiger partial charge on any atom is 0.244 e. The highest BCUT2D eigenvalue weighted by molar-refractivity contribution is 7.92. The molecule has 2 aromatic carbocycles. The van der Waals surface area contributed by atoms with Crippen LogP contribution >= 0.6 is 0 Å². The van der Waals surface area contributed by atoms with Crippen molar-refractivity contribution in [2.45, 2.75) is 52.1 Å². The Balaban J connectivity index is 2.38.